The molecule has 0 bridgehead atoms. The van der Waals surface area contributed by atoms with Crippen LogP contribution < -0.4 is 5.73 Å². The summed E-state index contributed by atoms with van der Waals surface area (Å²) in [5.74, 6) is 0. The van der Waals surface area contributed by atoms with Crippen LogP contribution in [0.15, 0.2) is 30.6 Å². The molecule has 1 heterocycles. The number of aromatic nitrogens is 1. The molecule has 0 amide bonds. The second kappa shape index (κ2) is 2.76. The van der Waals surface area contributed by atoms with Gasteiger partial charge in [0.15, 0.2) is 0 Å². The summed E-state index contributed by atoms with van der Waals surface area (Å²) in [6.07, 6.45) is 3.24. The maximum absolute atomic E-state index is 6.95. The van der Waals surface area contributed by atoms with Gasteiger partial charge in [0.1, 0.15) is 0 Å². The maximum Gasteiger partial charge on any atom is 0.214 e. The Labute approximate surface area is 75.6 Å². The van der Waals surface area contributed by atoms with Crippen molar-refractivity contribution in [2.75, 3.05) is 5.73 Å². The molecule has 0 atom stereocenters. The molecule has 0 radical (unpaired) electrons. The first kappa shape index (κ1) is 7.56. The fraction of sp³-hybridized carbons (Fsp3) is 0. The number of rotatable bonds is 0. The Morgan fingerprint density at radius 1 is 1.31 bits per heavy atom. The van der Waals surface area contributed by atoms with Crippen molar-refractivity contribution in [3.8, 4) is 0 Å². The Morgan fingerprint density at radius 2 is 2.15 bits per heavy atom. The molecule has 1 aromatic heterocycles. The van der Waals surface area contributed by atoms with E-state index >= 15 is 0 Å². The first-order valence-electron chi connectivity index (χ1n) is 3.82. The molecule has 2 aromatic rings. The second-order valence-electron chi connectivity index (χ2n) is 2.72. The van der Waals surface area contributed by atoms with Gasteiger partial charge in [-0.05, 0) is 11.5 Å². The molecule has 1 aromatic carbocycles. The zero-order valence-corrected chi connectivity index (χ0v) is 6.86. The number of nitrogens with two attached hydrogens (primary N) is 1. The van der Waals surface area contributed by atoms with E-state index in [0.29, 0.717) is 11.4 Å². The second-order valence-corrected chi connectivity index (χ2v) is 2.72. The molecule has 0 saturated carbocycles. The van der Waals surface area contributed by atoms with E-state index in [2.05, 4.69) is 9.83 Å². The number of hydrogen-bond donors (Lipinski definition) is 1. The molecule has 0 aliphatic carbocycles. The number of benzene rings is 1. The van der Waals surface area contributed by atoms with Crippen LogP contribution >= 0.6 is 0 Å². The number of pyridine rings is 1. The van der Waals surface area contributed by atoms with Crippen LogP contribution in [0.25, 0.3) is 15.6 Å². The maximum atomic E-state index is 6.95. The van der Waals surface area contributed by atoms with E-state index in [9.17, 15) is 0 Å². The predicted octanol–water partition coefficient (Wildman–Crippen LogP) is 2.37. The SMILES string of the molecule is [C-]#[N+]c1cncc2cccc(N)c12. The van der Waals surface area contributed by atoms with Crippen molar-refractivity contribution in [3.05, 3.63) is 42.0 Å². The zero-order chi connectivity index (χ0) is 9.26. The van der Waals surface area contributed by atoms with Gasteiger partial charge in [0.2, 0.25) is 5.69 Å². The monoisotopic (exact) mass is 169 g/mol. The Bertz CT molecular complexity index is 492. The molecule has 0 aliphatic rings. The van der Waals surface area contributed by atoms with Crippen LogP contribution in [0, 0.1) is 6.57 Å². The Morgan fingerprint density at radius 3 is 2.92 bits per heavy atom. The summed E-state index contributed by atoms with van der Waals surface area (Å²) >= 11 is 0. The largest absolute Gasteiger partial charge is 0.399 e. The number of nitrogen functional groups attached to an aromatic ring is 1. The molecule has 3 nitrogen and oxygen atoms in total. The Balaban J connectivity index is 2.97. The third-order valence-electron chi connectivity index (χ3n) is 1.92. The lowest BCUT2D eigenvalue weighted by Crippen LogP contribution is -1.86. The molecule has 0 aliphatic heterocycles. The quantitative estimate of drug-likeness (QED) is 0.486. The van der Waals surface area contributed by atoms with Gasteiger partial charge in [0.05, 0.1) is 6.57 Å². The lowest BCUT2D eigenvalue weighted by Gasteiger charge is -2.01. The summed E-state index contributed by atoms with van der Waals surface area (Å²) in [6.45, 7) is 6.95. The fourth-order valence-electron chi connectivity index (χ4n) is 1.33. The van der Waals surface area contributed by atoms with Crippen LogP contribution in [-0.2, 0) is 0 Å². The van der Waals surface area contributed by atoms with Crippen LogP contribution in [-0.4, -0.2) is 4.98 Å². The summed E-state index contributed by atoms with van der Waals surface area (Å²) in [7, 11) is 0. The Hall–Kier alpha value is -2.08. The lowest BCUT2D eigenvalue weighted by atomic mass is 10.1. The molecule has 0 fully saturated rings. The van der Waals surface area contributed by atoms with Gasteiger partial charge in [-0.3, -0.25) is 4.98 Å². The van der Waals surface area contributed by atoms with E-state index in [1.165, 1.54) is 6.20 Å². The fourth-order valence-corrected chi connectivity index (χ4v) is 1.33. The standard InChI is InChI=1S/C10H7N3/c1-12-9-6-13-5-7-3-2-4-8(11)10(7)9/h2-6H,11H2. The van der Waals surface area contributed by atoms with Gasteiger partial charge in [-0.25, -0.2) is 4.85 Å². The molecule has 0 saturated heterocycles. The third-order valence-corrected chi connectivity index (χ3v) is 1.92. The van der Waals surface area contributed by atoms with Crippen LogP contribution in [0.2, 0.25) is 0 Å². The van der Waals surface area contributed by atoms with Gasteiger partial charge < -0.3 is 5.73 Å². The van der Waals surface area contributed by atoms with E-state index in [4.69, 9.17) is 12.3 Å². The van der Waals surface area contributed by atoms with Gasteiger partial charge in [-0.15, -0.1) is 0 Å². The van der Waals surface area contributed by atoms with E-state index in [1.807, 2.05) is 12.1 Å². The third kappa shape index (κ3) is 1.09. The molecule has 0 spiro atoms. The molecule has 2 rings (SSSR count). The van der Waals surface area contributed by atoms with Crippen molar-refractivity contribution >= 4 is 22.1 Å². The van der Waals surface area contributed by atoms with Crippen molar-refractivity contribution in [2.45, 2.75) is 0 Å². The van der Waals surface area contributed by atoms with E-state index < -0.39 is 0 Å². The van der Waals surface area contributed by atoms with Crippen LogP contribution in [0.1, 0.15) is 0 Å². The summed E-state index contributed by atoms with van der Waals surface area (Å²) in [6, 6.07) is 5.54. The van der Waals surface area contributed by atoms with Crippen LogP contribution in [0.5, 0.6) is 0 Å². The van der Waals surface area contributed by atoms with Crippen molar-refractivity contribution < 1.29 is 0 Å². The van der Waals surface area contributed by atoms with Crippen molar-refractivity contribution in [2.24, 2.45) is 0 Å². The average Bonchev–Trinajstić information content (AvgIpc) is 2.17. The highest BCUT2D eigenvalue weighted by atomic mass is 14.7. The highest BCUT2D eigenvalue weighted by Crippen LogP contribution is 2.29. The van der Waals surface area contributed by atoms with Gasteiger partial charge in [0.25, 0.3) is 0 Å². The smallest absolute Gasteiger partial charge is 0.214 e. The van der Waals surface area contributed by atoms with Crippen molar-refractivity contribution in [1.82, 2.24) is 4.98 Å². The molecule has 62 valence electrons. The van der Waals surface area contributed by atoms with E-state index in [-0.39, 0.29) is 0 Å². The van der Waals surface area contributed by atoms with Gasteiger partial charge >= 0.3 is 0 Å². The molecular formula is C10H7N3. The molecule has 2 N–H and O–H groups in total. The zero-order valence-electron chi connectivity index (χ0n) is 6.86. The van der Waals surface area contributed by atoms with Crippen molar-refractivity contribution in [3.63, 3.8) is 0 Å². The minimum Gasteiger partial charge on any atom is -0.399 e. The van der Waals surface area contributed by atoms with Crippen LogP contribution in [0.3, 0.4) is 0 Å². The number of hydrogen-bond acceptors (Lipinski definition) is 2. The number of nitrogens with zero attached hydrogens (tertiary/aromatic N) is 2. The molecule has 0 unspecified atom stereocenters. The minimum atomic E-state index is 0.510. The lowest BCUT2D eigenvalue weighted by molar-refractivity contribution is 1.37. The molecule has 3 heteroatoms. The van der Waals surface area contributed by atoms with Gasteiger partial charge in [-0.2, -0.15) is 0 Å². The van der Waals surface area contributed by atoms with Gasteiger partial charge in [0, 0.05) is 23.5 Å². The summed E-state index contributed by atoms with van der Waals surface area (Å²) < 4.78 is 0. The topological polar surface area (TPSA) is 43.3 Å². The van der Waals surface area contributed by atoms with E-state index in [1.54, 1.807) is 12.3 Å². The van der Waals surface area contributed by atoms with Gasteiger partial charge in [-0.1, -0.05) is 12.1 Å². The average molecular weight is 169 g/mol. The van der Waals surface area contributed by atoms with E-state index in [0.717, 1.165) is 10.8 Å². The van der Waals surface area contributed by atoms with Crippen LogP contribution in [0.4, 0.5) is 11.4 Å². The molecular weight excluding hydrogens is 162 g/mol. The first-order chi connectivity index (χ1) is 6.33. The summed E-state index contributed by atoms with van der Waals surface area (Å²) in [4.78, 5) is 7.32. The number of anilines is 1. The summed E-state index contributed by atoms with van der Waals surface area (Å²) in [5, 5.41) is 1.71. The molecule has 13 heavy (non-hydrogen) atoms. The highest BCUT2D eigenvalue weighted by Gasteiger charge is 2.02. The number of fused-ring (bicyclic) bond motifs is 1. The summed E-state index contributed by atoms with van der Waals surface area (Å²) in [5.41, 5.74) is 6.90. The Kier molecular flexibility index (Phi) is 1.60. The first-order valence-corrected chi connectivity index (χ1v) is 3.82. The normalized spacial score (nSPS) is 9.77. The predicted molar refractivity (Wildman–Crippen MR) is 52.4 cm³/mol. The highest BCUT2D eigenvalue weighted by molar-refractivity contribution is 6.01. The van der Waals surface area contributed by atoms with Crippen molar-refractivity contribution in [1.29, 1.82) is 0 Å². The minimum absolute atomic E-state index is 0.510.